The predicted octanol–water partition coefficient (Wildman–Crippen LogP) is 13.1. The molecule has 2 aliphatic rings. The molecule has 244 valence electrons. The molecule has 2 aromatic rings. The smallest absolute Gasteiger partial charge is 0.397 e. The number of hydrogen-bond acceptors (Lipinski definition) is 4. The van der Waals surface area contributed by atoms with Crippen LogP contribution in [0.15, 0.2) is 60.7 Å². The highest BCUT2D eigenvalue weighted by Gasteiger charge is 2.50. The molecule has 0 radical (unpaired) electrons. The van der Waals surface area contributed by atoms with Crippen molar-refractivity contribution >= 4 is 16.8 Å². The highest BCUT2D eigenvalue weighted by molar-refractivity contribution is 7.54. The van der Waals surface area contributed by atoms with Gasteiger partial charge in [-0.1, -0.05) is 167 Å². The number of para-hydroxylation sites is 2. The molecule has 0 amide bonds. The molecular formula is C37H62O4P2. The van der Waals surface area contributed by atoms with E-state index < -0.39 is 16.8 Å². The fourth-order valence-electron chi connectivity index (χ4n) is 5.07. The third kappa shape index (κ3) is 17.8. The summed E-state index contributed by atoms with van der Waals surface area (Å²) >= 11 is 0. The van der Waals surface area contributed by atoms with Gasteiger partial charge in [0.1, 0.15) is 11.5 Å². The predicted molar refractivity (Wildman–Crippen MR) is 189 cm³/mol. The molecule has 2 saturated heterocycles. The second-order valence-corrected chi connectivity index (χ2v) is 15.0. The standard InChI is InChI=1S/C17H18O4P2.2C10H22/c1-3-7-15(8-4-1)20-22-13-17(14-22)11-18-23(19-12-17)21-16-9-5-2-6-10-16;2*1-3-5-7-9-10-8-6-4-2/h1-10H,11-14H2;2*3-10H2,1-2H3. The van der Waals surface area contributed by atoms with E-state index in [1.165, 1.54) is 103 Å². The molecule has 2 aromatic carbocycles. The van der Waals surface area contributed by atoms with E-state index in [9.17, 15) is 0 Å². The average molecular weight is 633 g/mol. The Balaban J connectivity index is 0.000000271. The van der Waals surface area contributed by atoms with Crippen LogP contribution in [0.3, 0.4) is 0 Å². The normalized spacial score (nSPS) is 20.7. The summed E-state index contributed by atoms with van der Waals surface area (Å²) in [5.74, 6) is 1.75. The largest absolute Gasteiger partial charge is 0.474 e. The zero-order valence-electron chi connectivity index (χ0n) is 27.9. The molecule has 0 aliphatic carbocycles. The van der Waals surface area contributed by atoms with Crippen molar-refractivity contribution in [2.75, 3.05) is 25.5 Å². The molecule has 4 rings (SSSR count). The molecule has 0 saturated carbocycles. The molecule has 0 bridgehead atoms. The molecule has 4 nitrogen and oxygen atoms in total. The molecule has 0 unspecified atom stereocenters. The van der Waals surface area contributed by atoms with Crippen molar-refractivity contribution in [3.05, 3.63) is 60.7 Å². The Morgan fingerprint density at radius 2 is 0.860 bits per heavy atom. The van der Waals surface area contributed by atoms with E-state index in [1.807, 2.05) is 60.7 Å². The monoisotopic (exact) mass is 632 g/mol. The summed E-state index contributed by atoms with van der Waals surface area (Å²) in [4.78, 5) is 0. The first kappa shape index (κ1) is 38.0. The molecule has 2 fully saturated rings. The lowest BCUT2D eigenvalue weighted by Gasteiger charge is -2.48. The summed E-state index contributed by atoms with van der Waals surface area (Å²) in [7, 11) is -1.68. The summed E-state index contributed by atoms with van der Waals surface area (Å²) in [6.07, 6.45) is 25.0. The van der Waals surface area contributed by atoms with Crippen LogP contribution in [0.25, 0.3) is 0 Å². The van der Waals surface area contributed by atoms with E-state index >= 15 is 0 Å². The summed E-state index contributed by atoms with van der Waals surface area (Å²) < 4.78 is 23.4. The first-order valence-electron chi connectivity index (χ1n) is 17.4. The lowest BCUT2D eigenvalue weighted by Crippen LogP contribution is -2.48. The molecule has 2 heterocycles. The molecule has 6 heteroatoms. The van der Waals surface area contributed by atoms with E-state index in [-0.39, 0.29) is 5.41 Å². The summed E-state index contributed by atoms with van der Waals surface area (Å²) in [5.41, 5.74) is 0.124. The molecule has 0 atom stereocenters. The Morgan fingerprint density at radius 3 is 1.23 bits per heavy atom. The maximum absolute atomic E-state index is 6.03. The third-order valence-electron chi connectivity index (χ3n) is 7.79. The van der Waals surface area contributed by atoms with Crippen LogP contribution < -0.4 is 9.05 Å². The number of benzene rings is 2. The van der Waals surface area contributed by atoms with Crippen molar-refractivity contribution in [3.8, 4) is 11.5 Å². The fourth-order valence-corrected chi connectivity index (χ4v) is 8.62. The zero-order valence-corrected chi connectivity index (χ0v) is 29.7. The zero-order chi connectivity index (χ0) is 30.9. The topological polar surface area (TPSA) is 36.9 Å². The van der Waals surface area contributed by atoms with Gasteiger partial charge in [-0.25, -0.2) is 0 Å². The quantitative estimate of drug-likeness (QED) is 0.121. The minimum Gasteiger partial charge on any atom is -0.474 e. The first-order valence-corrected chi connectivity index (χ1v) is 20.1. The van der Waals surface area contributed by atoms with Gasteiger partial charge in [-0.15, -0.1) is 0 Å². The second-order valence-electron chi connectivity index (χ2n) is 12.1. The molecule has 43 heavy (non-hydrogen) atoms. The van der Waals surface area contributed by atoms with Gasteiger partial charge in [0.15, 0.2) is 0 Å². The Morgan fingerprint density at radius 1 is 0.512 bits per heavy atom. The van der Waals surface area contributed by atoms with Crippen LogP contribution in [0.2, 0.25) is 0 Å². The van der Waals surface area contributed by atoms with E-state index in [0.717, 1.165) is 23.8 Å². The van der Waals surface area contributed by atoms with Crippen LogP contribution in [0, 0.1) is 5.41 Å². The van der Waals surface area contributed by atoms with Gasteiger partial charge in [-0.2, -0.15) is 0 Å². The van der Waals surface area contributed by atoms with Crippen molar-refractivity contribution < 1.29 is 18.1 Å². The van der Waals surface area contributed by atoms with Crippen LogP contribution in [-0.4, -0.2) is 25.5 Å². The fraction of sp³-hybridized carbons (Fsp3) is 0.676. The molecule has 1 spiro atoms. The molecular weight excluding hydrogens is 570 g/mol. The Labute approximate surface area is 267 Å². The van der Waals surface area contributed by atoms with Crippen LogP contribution in [-0.2, 0) is 9.05 Å². The van der Waals surface area contributed by atoms with Crippen molar-refractivity contribution in [2.45, 2.75) is 130 Å². The summed E-state index contributed by atoms with van der Waals surface area (Å²) in [6, 6.07) is 19.7. The van der Waals surface area contributed by atoms with Gasteiger partial charge in [0.2, 0.25) is 0 Å². The summed E-state index contributed by atoms with van der Waals surface area (Å²) in [6.45, 7) is 10.5. The Kier molecular flexibility index (Phi) is 22.2. The van der Waals surface area contributed by atoms with E-state index in [2.05, 4.69) is 27.7 Å². The van der Waals surface area contributed by atoms with E-state index in [0.29, 0.717) is 13.2 Å². The molecule has 0 N–H and O–H groups in total. The van der Waals surface area contributed by atoms with Crippen molar-refractivity contribution in [2.24, 2.45) is 5.41 Å². The maximum atomic E-state index is 6.03. The van der Waals surface area contributed by atoms with Gasteiger partial charge in [0.05, 0.1) is 21.4 Å². The van der Waals surface area contributed by atoms with Crippen LogP contribution in [0.4, 0.5) is 0 Å². The minimum absolute atomic E-state index is 0.124. The highest BCUT2D eigenvalue weighted by Crippen LogP contribution is 2.61. The second kappa shape index (κ2) is 25.1. The highest BCUT2D eigenvalue weighted by atomic mass is 31.2. The lowest BCUT2D eigenvalue weighted by atomic mass is 9.95. The van der Waals surface area contributed by atoms with Gasteiger partial charge in [-0.3, -0.25) is 0 Å². The summed E-state index contributed by atoms with van der Waals surface area (Å²) in [5, 5.41) is 0. The van der Waals surface area contributed by atoms with E-state index in [1.54, 1.807) is 0 Å². The van der Waals surface area contributed by atoms with Crippen molar-refractivity contribution in [1.82, 2.24) is 0 Å². The van der Waals surface area contributed by atoms with Crippen molar-refractivity contribution in [3.63, 3.8) is 0 Å². The first-order chi connectivity index (χ1) is 21.1. The van der Waals surface area contributed by atoms with Crippen LogP contribution in [0.1, 0.15) is 130 Å². The number of hydrogen-bond donors (Lipinski definition) is 0. The average Bonchev–Trinajstić information content (AvgIpc) is 3.03. The Hall–Kier alpha value is -1.18. The van der Waals surface area contributed by atoms with Crippen LogP contribution in [0.5, 0.6) is 11.5 Å². The van der Waals surface area contributed by atoms with Crippen LogP contribution >= 0.6 is 16.8 Å². The third-order valence-corrected chi connectivity index (χ3v) is 11.3. The molecule has 2 aliphatic heterocycles. The van der Waals surface area contributed by atoms with Gasteiger partial charge >= 0.3 is 8.60 Å². The van der Waals surface area contributed by atoms with Gasteiger partial charge in [0, 0.05) is 17.7 Å². The number of rotatable bonds is 18. The SMILES string of the molecule is CCCCCCCCCC.CCCCCCCCCC.c1ccc(OP2CC3(COP(Oc4ccccc4)OC3)C2)cc1. The molecule has 0 aromatic heterocycles. The van der Waals surface area contributed by atoms with Gasteiger partial charge in [-0.05, 0) is 24.3 Å². The lowest BCUT2D eigenvalue weighted by molar-refractivity contribution is 0.0364. The number of unbranched alkanes of at least 4 members (excludes halogenated alkanes) is 14. The van der Waals surface area contributed by atoms with E-state index in [4.69, 9.17) is 18.1 Å². The van der Waals surface area contributed by atoms with Gasteiger partial charge in [0.25, 0.3) is 0 Å². The maximum Gasteiger partial charge on any atom is 0.397 e. The van der Waals surface area contributed by atoms with Gasteiger partial charge < -0.3 is 18.1 Å². The Bertz CT molecular complexity index is 835. The van der Waals surface area contributed by atoms with Crippen molar-refractivity contribution in [1.29, 1.82) is 0 Å². The minimum atomic E-state index is -1.27.